The summed E-state index contributed by atoms with van der Waals surface area (Å²) in [5.41, 5.74) is 0.294. The monoisotopic (exact) mass is 348 g/mol. The summed E-state index contributed by atoms with van der Waals surface area (Å²) in [6.45, 7) is 11.9. The second-order valence-corrected chi connectivity index (χ2v) is 9.63. The number of hydrogen-bond acceptors (Lipinski definition) is 2. The number of carbonyl (C=O) groups excluding carboxylic acids is 1. The number of Topliss-reactive ketones (excluding diaryl/α,β-unsaturated/α-hetero) is 1. The lowest BCUT2D eigenvalue weighted by atomic mass is 9.50. The van der Waals surface area contributed by atoms with E-state index in [4.69, 9.17) is 4.74 Å². The van der Waals surface area contributed by atoms with E-state index in [1.807, 2.05) is 6.92 Å². The molecule has 0 aromatic heterocycles. The molecule has 3 saturated carbocycles. The van der Waals surface area contributed by atoms with Crippen LogP contribution in [0.15, 0.2) is 0 Å². The number of fused-ring (bicyclic) bond motifs is 3. The van der Waals surface area contributed by atoms with E-state index in [0.29, 0.717) is 23.2 Å². The molecule has 25 heavy (non-hydrogen) atoms. The van der Waals surface area contributed by atoms with E-state index in [1.54, 1.807) is 0 Å². The van der Waals surface area contributed by atoms with Crippen LogP contribution in [0.2, 0.25) is 0 Å². The fourth-order valence-corrected chi connectivity index (χ4v) is 7.51. The zero-order chi connectivity index (χ0) is 18.2. The zero-order valence-corrected chi connectivity index (χ0v) is 17.2. The van der Waals surface area contributed by atoms with Gasteiger partial charge in [0, 0.05) is 12.5 Å². The van der Waals surface area contributed by atoms with Gasteiger partial charge in [-0.05, 0) is 101 Å². The van der Waals surface area contributed by atoms with Crippen LogP contribution in [0, 0.1) is 40.9 Å². The maximum Gasteiger partial charge on any atom is 0.133 e. The third kappa shape index (κ3) is 3.45. The summed E-state index contributed by atoms with van der Waals surface area (Å²) < 4.78 is 5.93. The van der Waals surface area contributed by atoms with Crippen molar-refractivity contribution in [3.63, 3.8) is 0 Å². The normalized spacial score (nSPS) is 44.8. The van der Waals surface area contributed by atoms with Crippen LogP contribution in [-0.2, 0) is 9.53 Å². The topological polar surface area (TPSA) is 26.3 Å². The van der Waals surface area contributed by atoms with Crippen molar-refractivity contribution in [2.75, 3.05) is 6.61 Å². The third-order valence-electron chi connectivity index (χ3n) is 8.59. The van der Waals surface area contributed by atoms with Gasteiger partial charge >= 0.3 is 0 Å². The molecule has 0 saturated heterocycles. The molecule has 0 radical (unpaired) electrons. The van der Waals surface area contributed by atoms with Gasteiger partial charge in [-0.1, -0.05) is 20.3 Å². The van der Waals surface area contributed by atoms with Crippen LogP contribution in [0.5, 0.6) is 0 Å². The minimum atomic E-state index is 0.294. The lowest BCUT2D eigenvalue weighted by Gasteiger charge is -2.55. The van der Waals surface area contributed by atoms with E-state index < -0.39 is 0 Å². The maximum atomic E-state index is 12.2. The summed E-state index contributed by atoms with van der Waals surface area (Å²) in [5, 5.41) is 0. The van der Waals surface area contributed by atoms with Gasteiger partial charge in [-0.25, -0.2) is 0 Å². The Kier molecular flexibility index (Phi) is 5.98. The van der Waals surface area contributed by atoms with Crippen LogP contribution < -0.4 is 0 Å². The molecule has 0 aromatic rings. The minimum Gasteiger partial charge on any atom is -0.379 e. The Bertz CT molecular complexity index is 473. The molecule has 0 heterocycles. The number of ether oxygens (including phenoxy) is 1. The Morgan fingerprint density at radius 2 is 1.88 bits per heavy atom. The van der Waals surface area contributed by atoms with Crippen molar-refractivity contribution in [3.8, 4) is 0 Å². The first-order chi connectivity index (χ1) is 11.9. The fourth-order valence-electron chi connectivity index (χ4n) is 7.51. The van der Waals surface area contributed by atoms with Gasteiger partial charge in [0.2, 0.25) is 0 Å². The van der Waals surface area contributed by atoms with E-state index in [-0.39, 0.29) is 0 Å². The van der Waals surface area contributed by atoms with Crippen molar-refractivity contribution in [1.82, 2.24) is 0 Å². The Morgan fingerprint density at radius 3 is 2.52 bits per heavy atom. The van der Waals surface area contributed by atoms with Crippen LogP contribution >= 0.6 is 0 Å². The Labute approximate surface area is 155 Å². The molecule has 0 aliphatic heterocycles. The first kappa shape index (κ1) is 19.4. The van der Waals surface area contributed by atoms with Gasteiger partial charge in [-0.3, -0.25) is 4.79 Å². The van der Waals surface area contributed by atoms with Crippen molar-refractivity contribution in [1.29, 1.82) is 0 Å². The molecule has 3 fully saturated rings. The number of carbonyl (C=O) groups is 1. The first-order valence-corrected chi connectivity index (χ1v) is 11.0. The average molecular weight is 349 g/mol. The predicted octanol–water partition coefficient (Wildman–Crippen LogP) is 5.89. The molecular weight excluding hydrogens is 308 g/mol. The van der Waals surface area contributed by atoms with Gasteiger partial charge in [0.15, 0.2) is 0 Å². The number of rotatable bonds is 6. The Balaban J connectivity index is 1.79. The highest BCUT2D eigenvalue weighted by molar-refractivity contribution is 5.79. The summed E-state index contributed by atoms with van der Waals surface area (Å²) in [5.74, 6) is 5.05. The van der Waals surface area contributed by atoms with E-state index >= 15 is 0 Å². The summed E-state index contributed by atoms with van der Waals surface area (Å²) in [6.07, 6.45) is 10.8. The van der Waals surface area contributed by atoms with Crippen molar-refractivity contribution < 1.29 is 9.53 Å². The highest BCUT2D eigenvalue weighted by atomic mass is 16.5. The van der Waals surface area contributed by atoms with Crippen molar-refractivity contribution in [2.24, 2.45) is 40.9 Å². The molecule has 8 unspecified atom stereocenters. The summed E-state index contributed by atoms with van der Waals surface area (Å²) in [7, 11) is 0. The molecule has 0 N–H and O–H groups in total. The van der Waals surface area contributed by atoms with Gasteiger partial charge in [0.1, 0.15) is 5.78 Å². The smallest absolute Gasteiger partial charge is 0.133 e. The fraction of sp³-hybridized carbons (Fsp3) is 0.957. The van der Waals surface area contributed by atoms with Crippen LogP contribution in [0.3, 0.4) is 0 Å². The van der Waals surface area contributed by atoms with Crippen LogP contribution in [0.25, 0.3) is 0 Å². The summed E-state index contributed by atoms with van der Waals surface area (Å²) >= 11 is 0. The highest BCUT2D eigenvalue weighted by Crippen LogP contribution is 2.63. The van der Waals surface area contributed by atoms with Gasteiger partial charge in [-0.2, -0.15) is 0 Å². The van der Waals surface area contributed by atoms with Crippen molar-refractivity contribution in [2.45, 2.75) is 92.1 Å². The zero-order valence-electron chi connectivity index (χ0n) is 17.2. The second kappa shape index (κ2) is 7.71. The number of ketones is 1. The number of hydrogen-bond donors (Lipinski definition) is 0. The quantitative estimate of drug-likeness (QED) is 0.598. The second-order valence-electron chi connectivity index (χ2n) is 9.63. The van der Waals surface area contributed by atoms with E-state index in [2.05, 4.69) is 27.7 Å². The lowest BCUT2D eigenvalue weighted by Crippen LogP contribution is -2.48. The van der Waals surface area contributed by atoms with Crippen LogP contribution in [0.4, 0.5) is 0 Å². The Morgan fingerprint density at radius 1 is 1.12 bits per heavy atom. The van der Waals surface area contributed by atoms with Gasteiger partial charge < -0.3 is 4.74 Å². The van der Waals surface area contributed by atoms with Crippen LogP contribution in [-0.4, -0.2) is 18.5 Å². The van der Waals surface area contributed by atoms with Crippen molar-refractivity contribution >= 4 is 5.78 Å². The van der Waals surface area contributed by atoms with Gasteiger partial charge in [0.25, 0.3) is 0 Å². The summed E-state index contributed by atoms with van der Waals surface area (Å²) in [4.78, 5) is 12.2. The lowest BCUT2D eigenvalue weighted by molar-refractivity contribution is -0.128. The molecule has 3 aliphatic carbocycles. The minimum absolute atomic E-state index is 0.294. The molecule has 3 rings (SSSR count). The van der Waals surface area contributed by atoms with Gasteiger partial charge in [0.05, 0.1) is 6.10 Å². The summed E-state index contributed by atoms with van der Waals surface area (Å²) in [6, 6.07) is 0. The molecule has 0 spiro atoms. The molecule has 0 amide bonds. The molecule has 144 valence electrons. The van der Waals surface area contributed by atoms with Crippen LogP contribution in [0.1, 0.15) is 86.0 Å². The molecule has 2 nitrogen and oxygen atoms in total. The third-order valence-corrected chi connectivity index (χ3v) is 8.59. The standard InChI is InChI=1S/C23H40O2/c1-6-17-8-9-19-18(20(17)14-15(3)25-7-2)12-13-23(5)21(16(4)24)10-11-22(19)23/h15,17-22H,6-14H2,1-5H3. The largest absolute Gasteiger partial charge is 0.379 e. The average Bonchev–Trinajstić information content (AvgIpc) is 2.92. The highest BCUT2D eigenvalue weighted by Gasteiger charge is 2.57. The maximum absolute atomic E-state index is 12.2. The molecule has 0 bridgehead atoms. The first-order valence-electron chi connectivity index (χ1n) is 11.0. The predicted molar refractivity (Wildman–Crippen MR) is 103 cm³/mol. The molecule has 3 aliphatic rings. The SMILES string of the molecule is CCOC(C)CC1C(CC)CCC2C1CCC1(C)C(C(C)=O)CCC21. The van der Waals surface area contributed by atoms with Gasteiger partial charge in [-0.15, -0.1) is 0 Å². The molecule has 2 heteroatoms. The van der Waals surface area contributed by atoms with E-state index in [0.717, 1.165) is 42.6 Å². The van der Waals surface area contributed by atoms with E-state index in [1.165, 1.54) is 44.9 Å². The van der Waals surface area contributed by atoms with E-state index in [9.17, 15) is 4.79 Å². The van der Waals surface area contributed by atoms with Crippen molar-refractivity contribution in [3.05, 3.63) is 0 Å². The Hall–Kier alpha value is -0.370. The molecule has 8 atom stereocenters. The molecular formula is C23H40O2. The molecule has 0 aromatic carbocycles.